The van der Waals surface area contributed by atoms with E-state index in [1.54, 1.807) is 18.2 Å². The van der Waals surface area contributed by atoms with Gasteiger partial charge in [-0.3, -0.25) is 15.0 Å². The van der Waals surface area contributed by atoms with Crippen LogP contribution in [0.15, 0.2) is 109 Å². The van der Waals surface area contributed by atoms with Crippen molar-refractivity contribution in [2.75, 3.05) is 0 Å². The van der Waals surface area contributed by atoms with E-state index in [1.807, 2.05) is 54.6 Å². The van der Waals surface area contributed by atoms with Gasteiger partial charge in [0.05, 0.1) is 51.9 Å². The van der Waals surface area contributed by atoms with E-state index in [4.69, 9.17) is 29.2 Å². The van der Waals surface area contributed by atoms with Crippen molar-refractivity contribution >= 4 is 14.1 Å². The first-order chi connectivity index (χ1) is 23.9. The van der Waals surface area contributed by atoms with Crippen LogP contribution in [0.1, 0.15) is 68.6 Å². The Morgan fingerprint density at radius 2 is 0.776 bits per heavy atom. The Bertz CT molecular complexity index is 2240. The number of aromatic nitrogens is 3. The van der Waals surface area contributed by atoms with Crippen LogP contribution < -0.4 is 14.2 Å². The standard InChI is InChI=1S/C39H21F3N3O3.Al/c40-19-10-13-22-31(16-19)47-38-29-8-3-6-27(45-29)36-24-15-12-21(42)18-33(24)48-39(36)30-9-2-5-26(44-30)35-23-14-11-20(41)17-32(23)46-37(35)28-7-1-4-25(43-28)34(22)38;/h1-18,34-36H;. The molecule has 0 N–H and O–H groups in total. The van der Waals surface area contributed by atoms with Crippen molar-refractivity contribution in [2.24, 2.45) is 0 Å². The number of nitrogens with zero attached hydrogens (tertiary/aromatic N) is 3. The van der Waals surface area contributed by atoms with E-state index >= 15 is 13.2 Å². The first-order valence-corrected chi connectivity index (χ1v) is 18.0. The Balaban J connectivity index is 1.32. The topological polar surface area (TPSA) is 66.4 Å². The number of ether oxygens (including phenoxy) is 3. The minimum atomic E-state index is -3.32. The van der Waals surface area contributed by atoms with Gasteiger partial charge in [0.25, 0.3) is 0 Å². The lowest BCUT2D eigenvalue weighted by Crippen LogP contribution is -2.72. The second kappa shape index (κ2) is 8.51. The molecule has 10 heteroatoms. The number of halogens is 3. The second-order valence-corrected chi connectivity index (χ2v) is 17.2. The zero-order valence-corrected chi connectivity index (χ0v) is 26.6. The molecule has 9 heterocycles. The lowest BCUT2D eigenvalue weighted by Gasteiger charge is -2.49. The Hall–Kier alpha value is -5.17. The van der Waals surface area contributed by atoms with Crippen LogP contribution in [0.25, 0.3) is 0 Å². The van der Waals surface area contributed by atoms with Crippen LogP contribution in [0.3, 0.4) is 0 Å². The number of benzene rings is 3. The van der Waals surface area contributed by atoms with Crippen LogP contribution in [0.2, 0.25) is 0 Å². The summed E-state index contributed by atoms with van der Waals surface area (Å²) in [5, 5.41) is 0. The molecule has 6 bridgehead atoms. The molecule has 0 aliphatic carbocycles. The molecule has 12 rings (SSSR count). The van der Waals surface area contributed by atoms with E-state index in [9.17, 15) is 0 Å². The molecular formula is C39H21AlF3N3O3. The molecule has 0 fully saturated rings. The van der Waals surface area contributed by atoms with E-state index in [-0.39, 0.29) is 0 Å². The average molecular weight is 664 g/mol. The maximum Gasteiger partial charge on any atom is 0.489 e. The summed E-state index contributed by atoms with van der Waals surface area (Å²) in [6.07, 6.45) is 0. The minimum Gasteiger partial charge on any atom is -0.495 e. The molecule has 0 saturated heterocycles. The molecule has 0 saturated carbocycles. The second-order valence-electron chi connectivity index (χ2n) is 13.8. The van der Waals surface area contributed by atoms with Gasteiger partial charge < -0.3 is 14.2 Å². The van der Waals surface area contributed by atoms with Gasteiger partial charge >= 0.3 is 14.1 Å². The molecule has 0 amide bonds. The molecule has 49 heavy (non-hydrogen) atoms. The molecule has 6 aromatic rings. The third kappa shape index (κ3) is 2.90. The van der Waals surface area contributed by atoms with E-state index in [0.29, 0.717) is 34.3 Å². The van der Waals surface area contributed by atoms with Gasteiger partial charge in [-0.2, -0.15) is 0 Å². The summed E-state index contributed by atoms with van der Waals surface area (Å²) in [4.78, 5) is 16.2. The van der Waals surface area contributed by atoms with Crippen molar-refractivity contribution in [3.05, 3.63) is 178 Å². The number of hydrogen-bond acceptors (Lipinski definition) is 6. The summed E-state index contributed by atoms with van der Waals surface area (Å²) in [6.45, 7) is 0. The van der Waals surface area contributed by atoms with Crippen molar-refractivity contribution in [1.82, 2.24) is 15.0 Å². The number of pyridine rings is 3. The van der Waals surface area contributed by atoms with Crippen LogP contribution >= 0.6 is 0 Å². The van der Waals surface area contributed by atoms with Crippen molar-refractivity contribution < 1.29 is 27.4 Å². The van der Waals surface area contributed by atoms with Crippen molar-refractivity contribution in [3.8, 4) is 17.2 Å². The molecule has 6 aliphatic heterocycles. The van der Waals surface area contributed by atoms with Crippen LogP contribution in [0.5, 0.6) is 17.2 Å². The predicted octanol–water partition coefficient (Wildman–Crippen LogP) is 7.00. The molecule has 6 unspecified atom stereocenters. The zero-order chi connectivity index (χ0) is 32.4. The average Bonchev–Trinajstić information content (AvgIpc) is 3.70. The largest absolute Gasteiger partial charge is 0.495 e. The predicted molar refractivity (Wildman–Crippen MR) is 170 cm³/mol. The maximum absolute atomic E-state index is 15.1. The summed E-state index contributed by atoms with van der Waals surface area (Å²) in [6, 6.07) is 31.7. The lowest BCUT2D eigenvalue weighted by molar-refractivity contribution is 0.0677. The van der Waals surface area contributed by atoms with Gasteiger partial charge in [0.2, 0.25) is 0 Å². The normalized spacial score (nSPS) is 29.2. The molecule has 6 aliphatic rings. The van der Waals surface area contributed by atoms with E-state index in [0.717, 1.165) is 33.8 Å². The summed E-state index contributed by atoms with van der Waals surface area (Å²) in [7, 11) is 0. The van der Waals surface area contributed by atoms with Crippen LogP contribution in [-0.2, 0) is 13.4 Å². The molecule has 6 nitrogen and oxygen atoms in total. The van der Waals surface area contributed by atoms with E-state index in [1.165, 1.54) is 36.4 Å². The SMILES string of the molecule is Fc1ccc2c(c1)O[C]13c4cccc(n4)C4c5ccc(F)cc5O[C]45c4cccc(n4)C4c6ccc(F)cc6O[C]4(c4cccc(n4)C21)[Al]35. The Morgan fingerprint density at radius 1 is 0.449 bits per heavy atom. The number of fused-ring (bicyclic) bond motifs is 15. The molecule has 234 valence electrons. The molecule has 3 spiro atoms. The van der Waals surface area contributed by atoms with Crippen LogP contribution in [0, 0.1) is 17.5 Å². The molecule has 3 aromatic heterocycles. The Kier molecular flexibility index (Phi) is 4.65. The molecule has 6 atom stereocenters. The fourth-order valence-corrected chi connectivity index (χ4v) is 16.3. The highest BCUT2D eigenvalue weighted by atomic mass is 27.2. The van der Waals surface area contributed by atoms with Gasteiger partial charge in [-0.05, 0) is 54.6 Å². The van der Waals surface area contributed by atoms with Gasteiger partial charge in [0.15, 0.2) is 0 Å². The van der Waals surface area contributed by atoms with E-state index in [2.05, 4.69) is 0 Å². The fourth-order valence-electron chi connectivity index (χ4n) is 10.2. The van der Waals surface area contributed by atoms with E-state index < -0.39 is 62.7 Å². The highest BCUT2D eigenvalue weighted by Gasteiger charge is 2.85. The van der Waals surface area contributed by atoms with Gasteiger partial charge in [-0.25, -0.2) is 13.2 Å². The Labute approximate surface area is 281 Å². The number of hydrogen-bond donors (Lipinski definition) is 0. The molecule has 0 radical (unpaired) electrons. The Morgan fingerprint density at radius 3 is 1.10 bits per heavy atom. The maximum atomic E-state index is 15.1. The zero-order valence-electron chi connectivity index (χ0n) is 25.4. The van der Waals surface area contributed by atoms with Gasteiger partial charge in [-0.15, -0.1) is 0 Å². The smallest absolute Gasteiger partial charge is 0.489 e. The highest BCUT2D eigenvalue weighted by molar-refractivity contribution is 6.69. The fraction of sp³-hybridized carbons (Fsp3) is 0.154. The lowest BCUT2D eigenvalue weighted by atomic mass is 9.88. The van der Waals surface area contributed by atoms with Crippen LogP contribution in [0.4, 0.5) is 13.2 Å². The molecular weight excluding hydrogens is 642 g/mol. The summed E-state index contributed by atoms with van der Waals surface area (Å²) in [5.74, 6) is -1.73. The van der Waals surface area contributed by atoms with Gasteiger partial charge in [0, 0.05) is 34.9 Å². The highest BCUT2D eigenvalue weighted by Crippen LogP contribution is 2.71. The van der Waals surface area contributed by atoms with Crippen LogP contribution in [-0.4, -0.2) is 29.1 Å². The minimum absolute atomic E-state index is 0.395. The number of rotatable bonds is 0. The quantitative estimate of drug-likeness (QED) is 0.163. The summed E-state index contributed by atoms with van der Waals surface area (Å²) in [5.41, 5.74) is 6.48. The third-order valence-electron chi connectivity index (χ3n) is 11.7. The van der Waals surface area contributed by atoms with Gasteiger partial charge in [-0.1, -0.05) is 36.4 Å². The molecule has 3 aromatic carbocycles. The first-order valence-electron chi connectivity index (χ1n) is 16.3. The van der Waals surface area contributed by atoms with Crippen molar-refractivity contribution in [2.45, 2.75) is 31.1 Å². The van der Waals surface area contributed by atoms with Gasteiger partial charge in [0.1, 0.15) is 48.1 Å². The third-order valence-corrected chi connectivity index (χ3v) is 16.5. The monoisotopic (exact) mass is 663 g/mol. The summed E-state index contributed by atoms with van der Waals surface area (Å²) >= 11 is -3.32. The summed E-state index contributed by atoms with van der Waals surface area (Å²) < 4.78 is 63.7. The van der Waals surface area contributed by atoms with Crippen molar-refractivity contribution in [1.29, 1.82) is 0 Å². The first kappa shape index (κ1) is 26.7. The van der Waals surface area contributed by atoms with Crippen molar-refractivity contribution in [3.63, 3.8) is 0 Å².